The second-order valence-corrected chi connectivity index (χ2v) is 9.86. The standard InChI is InChI=1S/C18H32N2O6S2/c1-10(2)7-13(21)18(14(22)8-11(3)4,15(20)17(24)26-6)28-27-9-12(19)16(23)25-5/h10-12,15H,7-9,19-20H2,1-6H3/t12-,15+/m0/s1. The normalized spacial score (nSPS) is 13.9. The van der Waals surface area contributed by atoms with Crippen LogP contribution in [-0.4, -0.2) is 60.3 Å². The summed E-state index contributed by atoms with van der Waals surface area (Å²) >= 11 is 0. The Morgan fingerprint density at radius 2 is 1.29 bits per heavy atom. The van der Waals surface area contributed by atoms with Gasteiger partial charge in [-0.1, -0.05) is 49.3 Å². The molecular weight excluding hydrogens is 404 g/mol. The van der Waals surface area contributed by atoms with Gasteiger partial charge in [-0.15, -0.1) is 0 Å². The largest absolute Gasteiger partial charge is 0.468 e. The Labute approximate surface area is 174 Å². The molecule has 2 atom stereocenters. The van der Waals surface area contributed by atoms with Crippen LogP contribution in [0.2, 0.25) is 0 Å². The third kappa shape index (κ3) is 7.38. The van der Waals surface area contributed by atoms with Crippen LogP contribution in [0.1, 0.15) is 40.5 Å². The summed E-state index contributed by atoms with van der Waals surface area (Å²) in [6.45, 7) is 7.35. The summed E-state index contributed by atoms with van der Waals surface area (Å²) in [5.41, 5.74) is 11.8. The van der Waals surface area contributed by atoms with Crippen molar-refractivity contribution in [2.75, 3.05) is 20.0 Å². The van der Waals surface area contributed by atoms with E-state index in [0.29, 0.717) is 0 Å². The lowest BCUT2D eigenvalue weighted by Crippen LogP contribution is -2.60. The van der Waals surface area contributed by atoms with Gasteiger partial charge >= 0.3 is 11.9 Å². The summed E-state index contributed by atoms with van der Waals surface area (Å²) in [4.78, 5) is 50.1. The molecule has 8 nitrogen and oxygen atoms in total. The minimum atomic E-state index is -1.82. The maximum Gasteiger partial charge on any atom is 0.325 e. The van der Waals surface area contributed by atoms with Gasteiger partial charge in [0, 0.05) is 18.6 Å². The van der Waals surface area contributed by atoms with E-state index in [4.69, 9.17) is 16.2 Å². The zero-order chi connectivity index (χ0) is 22.1. The van der Waals surface area contributed by atoms with E-state index in [1.165, 1.54) is 7.11 Å². The van der Waals surface area contributed by atoms with Gasteiger partial charge in [-0.2, -0.15) is 0 Å². The summed E-state index contributed by atoms with van der Waals surface area (Å²) < 4.78 is 7.48. The van der Waals surface area contributed by atoms with Crippen molar-refractivity contribution in [3.63, 3.8) is 0 Å². The lowest BCUT2D eigenvalue weighted by Gasteiger charge is -2.34. The Balaban J connectivity index is 5.94. The molecule has 0 aliphatic heterocycles. The van der Waals surface area contributed by atoms with Crippen molar-refractivity contribution < 1.29 is 28.7 Å². The Morgan fingerprint density at radius 1 is 0.857 bits per heavy atom. The molecule has 0 fully saturated rings. The van der Waals surface area contributed by atoms with Gasteiger partial charge in [-0.25, -0.2) is 0 Å². The van der Waals surface area contributed by atoms with Crippen molar-refractivity contribution in [2.24, 2.45) is 23.3 Å². The van der Waals surface area contributed by atoms with Crippen molar-refractivity contribution in [3.8, 4) is 0 Å². The molecule has 0 saturated carbocycles. The van der Waals surface area contributed by atoms with Crippen LogP contribution < -0.4 is 11.5 Å². The highest BCUT2D eigenvalue weighted by Crippen LogP contribution is 2.43. The number of ether oxygens (including phenoxy) is 2. The van der Waals surface area contributed by atoms with Gasteiger partial charge in [0.1, 0.15) is 12.1 Å². The number of hydrogen-bond acceptors (Lipinski definition) is 10. The topological polar surface area (TPSA) is 139 Å². The Bertz CT molecular complexity index is 546. The van der Waals surface area contributed by atoms with Crippen LogP contribution in [0.25, 0.3) is 0 Å². The van der Waals surface area contributed by atoms with Crippen LogP contribution in [0.3, 0.4) is 0 Å². The third-order valence-electron chi connectivity index (χ3n) is 3.85. The fourth-order valence-corrected chi connectivity index (χ4v) is 5.56. The molecule has 0 unspecified atom stereocenters. The first kappa shape index (κ1) is 26.9. The van der Waals surface area contributed by atoms with Crippen molar-refractivity contribution in [1.29, 1.82) is 0 Å². The smallest absolute Gasteiger partial charge is 0.325 e. The van der Waals surface area contributed by atoms with Gasteiger partial charge in [0.05, 0.1) is 14.2 Å². The fourth-order valence-electron chi connectivity index (χ4n) is 2.40. The van der Waals surface area contributed by atoms with Gasteiger partial charge in [0.25, 0.3) is 0 Å². The molecule has 0 rings (SSSR count). The van der Waals surface area contributed by atoms with E-state index in [0.717, 1.165) is 28.7 Å². The summed E-state index contributed by atoms with van der Waals surface area (Å²) in [6, 6.07) is -2.41. The van der Waals surface area contributed by atoms with Gasteiger partial charge in [0.2, 0.25) is 0 Å². The minimum Gasteiger partial charge on any atom is -0.468 e. The second-order valence-electron chi connectivity index (χ2n) is 7.28. The molecule has 0 aliphatic rings. The first-order valence-electron chi connectivity index (χ1n) is 8.97. The molecule has 0 spiro atoms. The number of carbonyl (C=O) groups is 4. The predicted octanol–water partition coefficient (Wildman–Crippen LogP) is 1.34. The first-order valence-corrected chi connectivity index (χ1v) is 11.3. The number of esters is 2. The summed E-state index contributed by atoms with van der Waals surface area (Å²) in [7, 11) is 4.29. The molecule has 10 heteroatoms. The van der Waals surface area contributed by atoms with Crippen LogP contribution in [0.15, 0.2) is 0 Å². The molecule has 4 N–H and O–H groups in total. The lowest BCUT2D eigenvalue weighted by molar-refractivity contribution is -0.147. The molecule has 0 amide bonds. The molecule has 162 valence electrons. The van der Waals surface area contributed by atoms with Gasteiger partial charge in [-0.05, 0) is 11.8 Å². The SMILES string of the molecule is COC(=O)[C@@H](N)C(SSC[C@H](N)C(=O)OC)(C(=O)CC(C)C)C(=O)CC(C)C. The van der Waals surface area contributed by atoms with E-state index in [2.05, 4.69) is 4.74 Å². The summed E-state index contributed by atoms with van der Waals surface area (Å²) in [6.07, 6.45) is 0.149. The van der Waals surface area contributed by atoms with E-state index in [9.17, 15) is 19.2 Å². The highest BCUT2D eigenvalue weighted by molar-refractivity contribution is 8.77. The van der Waals surface area contributed by atoms with Crippen LogP contribution in [-0.2, 0) is 28.7 Å². The summed E-state index contributed by atoms with van der Waals surface area (Å²) in [5.74, 6) is -2.32. The molecule has 0 aliphatic carbocycles. The third-order valence-corrected chi connectivity index (χ3v) is 6.99. The van der Waals surface area contributed by atoms with E-state index < -0.39 is 40.3 Å². The van der Waals surface area contributed by atoms with Crippen LogP contribution >= 0.6 is 21.6 Å². The van der Waals surface area contributed by atoms with E-state index in [1.54, 1.807) is 0 Å². The average molecular weight is 437 g/mol. The van der Waals surface area contributed by atoms with Crippen LogP contribution in [0, 0.1) is 11.8 Å². The zero-order valence-corrected chi connectivity index (χ0v) is 19.0. The molecule has 0 aromatic heterocycles. The zero-order valence-electron chi connectivity index (χ0n) is 17.4. The van der Waals surface area contributed by atoms with Crippen molar-refractivity contribution in [1.82, 2.24) is 0 Å². The maximum absolute atomic E-state index is 13.2. The molecule has 0 heterocycles. The monoisotopic (exact) mass is 436 g/mol. The number of nitrogens with two attached hydrogens (primary N) is 2. The average Bonchev–Trinajstić information content (AvgIpc) is 2.61. The highest BCUT2D eigenvalue weighted by Gasteiger charge is 2.54. The number of carbonyl (C=O) groups excluding carboxylic acids is 4. The summed E-state index contributed by atoms with van der Waals surface area (Å²) in [5, 5.41) is 0. The maximum atomic E-state index is 13.2. The number of hydrogen-bond donors (Lipinski definition) is 2. The minimum absolute atomic E-state index is 0.0356. The molecule has 0 saturated heterocycles. The molecule has 0 bridgehead atoms. The van der Waals surface area contributed by atoms with Gasteiger partial charge < -0.3 is 20.9 Å². The van der Waals surface area contributed by atoms with Crippen molar-refractivity contribution in [3.05, 3.63) is 0 Å². The second kappa shape index (κ2) is 12.5. The molecule has 0 aromatic carbocycles. The lowest BCUT2D eigenvalue weighted by atomic mass is 9.83. The Hall–Kier alpha value is -1.10. The Kier molecular flexibility index (Phi) is 12.0. The first-order chi connectivity index (χ1) is 12.9. The van der Waals surface area contributed by atoms with E-state index in [1.807, 2.05) is 27.7 Å². The van der Waals surface area contributed by atoms with Crippen LogP contribution in [0.4, 0.5) is 0 Å². The molecule has 0 radical (unpaired) electrons. The number of ketones is 2. The number of rotatable bonds is 13. The van der Waals surface area contributed by atoms with Crippen molar-refractivity contribution in [2.45, 2.75) is 57.4 Å². The van der Waals surface area contributed by atoms with Gasteiger partial charge in [0.15, 0.2) is 16.3 Å². The number of Topliss-reactive ketones (excluding diaryl/α,β-unsaturated/α-hetero) is 2. The quantitative estimate of drug-likeness (QED) is 0.247. The van der Waals surface area contributed by atoms with Crippen molar-refractivity contribution >= 4 is 45.1 Å². The van der Waals surface area contributed by atoms with E-state index >= 15 is 0 Å². The molecule has 28 heavy (non-hydrogen) atoms. The van der Waals surface area contributed by atoms with E-state index in [-0.39, 0.29) is 30.4 Å². The molecular formula is C18H32N2O6S2. The predicted molar refractivity (Wildman–Crippen MR) is 112 cm³/mol. The molecule has 0 aromatic rings. The Morgan fingerprint density at radius 3 is 1.64 bits per heavy atom. The number of methoxy groups -OCH3 is 2. The van der Waals surface area contributed by atoms with Crippen LogP contribution in [0.5, 0.6) is 0 Å². The van der Waals surface area contributed by atoms with Gasteiger partial charge in [-0.3, -0.25) is 19.2 Å². The highest BCUT2D eigenvalue weighted by atomic mass is 33.1. The fraction of sp³-hybridized carbons (Fsp3) is 0.778.